The summed E-state index contributed by atoms with van der Waals surface area (Å²) in [4.78, 5) is 49.8. The van der Waals surface area contributed by atoms with E-state index in [9.17, 15) is 9.59 Å². The van der Waals surface area contributed by atoms with Crippen LogP contribution in [0.25, 0.3) is 33.6 Å². The van der Waals surface area contributed by atoms with E-state index in [0.29, 0.717) is 0 Å². The van der Waals surface area contributed by atoms with E-state index in [2.05, 4.69) is 79.8 Å². The predicted octanol–water partition coefficient (Wildman–Crippen LogP) is 6.06. The maximum absolute atomic E-state index is 12.0. The standard InChI is InChI=1S/C40H54N8O2/c1-27-28(2)34(36-24-42-40(44-36)38-10-8-20-48(38)32(26-50)18-22-46(5)6)16-15-33(27)29-11-13-30(14-12-29)35-23-41-39(43-35)37-9-7-19-47(37)31(25-49)17-21-45(3)4/h11-16,23-26,31-32,37-38H,7-10,17-22H2,1-6H3,(H,41,43)(H,42,44)/t31-,32-,37-,38-/m0/s1. The molecule has 2 aliphatic heterocycles. The second-order valence-corrected chi connectivity index (χ2v) is 14.7. The molecule has 50 heavy (non-hydrogen) atoms. The summed E-state index contributed by atoms with van der Waals surface area (Å²) in [5.41, 5.74) is 9.08. The number of carbonyl (C=O) groups excluding carboxylic acids is 2. The fourth-order valence-corrected chi connectivity index (χ4v) is 7.91. The molecule has 2 fully saturated rings. The van der Waals surface area contributed by atoms with E-state index in [1.54, 1.807) is 0 Å². The van der Waals surface area contributed by atoms with Crippen LogP contribution in [-0.4, -0.2) is 119 Å². The summed E-state index contributed by atoms with van der Waals surface area (Å²) in [5.74, 6) is 1.89. The maximum atomic E-state index is 12.0. The zero-order valence-corrected chi connectivity index (χ0v) is 30.7. The number of benzene rings is 2. The summed E-state index contributed by atoms with van der Waals surface area (Å²) in [6.07, 6.45) is 11.9. The molecular formula is C40H54N8O2. The van der Waals surface area contributed by atoms with Gasteiger partial charge in [-0.05, 0) is 135 Å². The lowest BCUT2D eigenvalue weighted by Crippen LogP contribution is -2.38. The molecular weight excluding hydrogens is 624 g/mol. The fraction of sp³-hybridized carbons (Fsp3) is 0.500. The number of nitrogens with zero attached hydrogens (tertiary/aromatic N) is 6. The number of rotatable bonds is 15. The minimum Gasteiger partial charge on any atom is -0.341 e. The monoisotopic (exact) mass is 678 g/mol. The highest BCUT2D eigenvalue weighted by molar-refractivity contribution is 5.77. The van der Waals surface area contributed by atoms with E-state index in [0.717, 1.165) is 111 Å². The van der Waals surface area contributed by atoms with Crippen LogP contribution in [0.2, 0.25) is 0 Å². The molecule has 2 saturated heterocycles. The summed E-state index contributed by atoms with van der Waals surface area (Å²) in [5, 5.41) is 0. The Morgan fingerprint density at radius 1 is 0.700 bits per heavy atom. The molecule has 0 amide bonds. The third kappa shape index (κ3) is 7.68. The molecule has 6 rings (SSSR count). The van der Waals surface area contributed by atoms with Gasteiger partial charge in [0.2, 0.25) is 0 Å². The van der Waals surface area contributed by atoms with Crippen molar-refractivity contribution in [2.75, 3.05) is 54.4 Å². The third-order valence-corrected chi connectivity index (χ3v) is 10.9. The summed E-state index contributed by atoms with van der Waals surface area (Å²) < 4.78 is 0. The first-order valence-corrected chi connectivity index (χ1v) is 18.2. The van der Waals surface area contributed by atoms with Crippen molar-refractivity contribution in [3.8, 4) is 33.6 Å². The SMILES string of the molecule is Cc1c(-c2ccc(-c3cnc([C@@H]4CCCN4[C@H](C=O)CCN(C)C)[nH]3)cc2)ccc(-c2cnc([C@@H]3CCCN3[C@H](C=O)CCN(C)C)[nH]2)c1C. The van der Waals surface area contributed by atoms with Gasteiger partial charge in [0.05, 0.1) is 47.9 Å². The number of H-pyrrole nitrogens is 2. The van der Waals surface area contributed by atoms with Gasteiger partial charge in [0, 0.05) is 5.56 Å². The molecule has 10 heteroatoms. The molecule has 2 N–H and O–H groups in total. The van der Waals surface area contributed by atoms with Crippen molar-refractivity contribution >= 4 is 12.6 Å². The van der Waals surface area contributed by atoms with Crippen molar-refractivity contribution in [3.63, 3.8) is 0 Å². The van der Waals surface area contributed by atoms with Gasteiger partial charge in [-0.1, -0.05) is 36.4 Å². The number of aromatic nitrogens is 4. The van der Waals surface area contributed by atoms with E-state index in [-0.39, 0.29) is 24.2 Å². The van der Waals surface area contributed by atoms with Crippen LogP contribution in [0.1, 0.15) is 73.4 Å². The number of imidazole rings is 2. The van der Waals surface area contributed by atoms with Crippen LogP contribution >= 0.6 is 0 Å². The van der Waals surface area contributed by atoms with E-state index in [4.69, 9.17) is 9.97 Å². The Bertz CT molecular complexity index is 1740. The molecule has 0 saturated carbocycles. The van der Waals surface area contributed by atoms with Crippen LogP contribution in [-0.2, 0) is 9.59 Å². The molecule has 2 aliphatic rings. The van der Waals surface area contributed by atoms with Gasteiger partial charge >= 0.3 is 0 Å². The molecule has 0 radical (unpaired) electrons. The lowest BCUT2D eigenvalue weighted by molar-refractivity contribution is -0.113. The largest absolute Gasteiger partial charge is 0.341 e. The van der Waals surface area contributed by atoms with E-state index in [1.807, 2.05) is 40.6 Å². The average molecular weight is 679 g/mol. The Balaban J connectivity index is 1.15. The molecule has 4 aromatic rings. The van der Waals surface area contributed by atoms with Crippen LogP contribution in [0.4, 0.5) is 0 Å². The second-order valence-electron chi connectivity index (χ2n) is 14.7. The van der Waals surface area contributed by atoms with Crippen molar-refractivity contribution in [2.24, 2.45) is 0 Å². The Kier molecular flexibility index (Phi) is 11.4. The third-order valence-electron chi connectivity index (χ3n) is 10.9. The Morgan fingerprint density at radius 3 is 1.68 bits per heavy atom. The molecule has 4 heterocycles. The summed E-state index contributed by atoms with van der Waals surface area (Å²) in [7, 11) is 8.19. The molecule has 0 unspecified atom stereocenters. The summed E-state index contributed by atoms with van der Waals surface area (Å²) in [6.45, 7) is 7.98. The molecule has 266 valence electrons. The number of carbonyl (C=O) groups is 2. The molecule has 4 atom stereocenters. The first-order valence-electron chi connectivity index (χ1n) is 18.2. The molecule has 2 aromatic carbocycles. The number of aldehydes is 2. The van der Waals surface area contributed by atoms with Crippen molar-refractivity contribution in [1.29, 1.82) is 0 Å². The molecule has 10 nitrogen and oxygen atoms in total. The van der Waals surface area contributed by atoms with Gasteiger partial charge in [-0.25, -0.2) is 9.97 Å². The number of aromatic amines is 2. The molecule has 0 spiro atoms. The van der Waals surface area contributed by atoms with Gasteiger partial charge in [0.25, 0.3) is 0 Å². The van der Waals surface area contributed by atoms with Gasteiger partial charge in [0.1, 0.15) is 24.2 Å². The lowest BCUT2D eigenvalue weighted by atomic mass is 9.92. The van der Waals surface area contributed by atoms with Crippen molar-refractivity contribution in [1.82, 2.24) is 39.5 Å². The number of likely N-dealkylation sites (tertiary alicyclic amines) is 2. The molecule has 0 aliphatic carbocycles. The van der Waals surface area contributed by atoms with E-state index >= 15 is 0 Å². The van der Waals surface area contributed by atoms with Crippen LogP contribution in [0, 0.1) is 13.8 Å². The second kappa shape index (κ2) is 15.9. The molecule has 2 aromatic heterocycles. The van der Waals surface area contributed by atoms with Crippen LogP contribution in [0.5, 0.6) is 0 Å². The van der Waals surface area contributed by atoms with Crippen LogP contribution in [0.3, 0.4) is 0 Å². The van der Waals surface area contributed by atoms with Gasteiger partial charge in [-0.3, -0.25) is 9.80 Å². The zero-order valence-electron chi connectivity index (χ0n) is 30.7. The maximum Gasteiger partial charge on any atom is 0.137 e. The van der Waals surface area contributed by atoms with Crippen LogP contribution in [0.15, 0.2) is 48.8 Å². The topological polar surface area (TPSA) is 104 Å². The highest BCUT2D eigenvalue weighted by atomic mass is 16.1. The van der Waals surface area contributed by atoms with Gasteiger partial charge in [-0.2, -0.15) is 0 Å². The molecule has 0 bridgehead atoms. The first kappa shape index (κ1) is 35.9. The summed E-state index contributed by atoms with van der Waals surface area (Å²) >= 11 is 0. The van der Waals surface area contributed by atoms with E-state index in [1.165, 1.54) is 22.3 Å². The van der Waals surface area contributed by atoms with Crippen molar-refractivity contribution in [2.45, 2.75) is 76.5 Å². The summed E-state index contributed by atoms with van der Waals surface area (Å²) in [6, 6.07) is 13.2. The van der Waals surface area contributed by atoms with Crippen molar-refractivity contribution in [3.05, 3.63) is 71.6 Å². The Morgan fingerprint density at radius 2 is 1.16 bits per heavy atom. The zero-order chi connectivity index (χ0) is 35.4. The predicted molar refractivity (Wildman–Crippen MR) is 200 cm³/mol. The van der Waals surface area contributed by atoms with E-state index < -0.39 is 0 Å². The quantitative estimate of drug-likeness (QED) is 0.146. The highest BCUT2D eigenvalue weighted by Crippen LogP contribution is 2.37. The Labute approximate surface area is 297 Å². The lowest BCUT2D eigenvalue weighted by Gasteiger charge is -2.29. The van der Waals surface area contributed by atoms with Gasteiger partial charge in [0.15, 0.2) is 0 Å². The van der Waals surface area contributed by atoms with Crippen LogP contribution < -0.4 is 0 Å². The first-order chi connectivity index (χ1) is 24.2. The average Bonchev–Trinajstić information content (AvgIpc) is 3.94. The highest BCUT2D eigenvalue weighted by Gasteiger charge is 2.34. The normalized spacial score (nSPS) is 19.8. The number of nitrogens with one attached hydrogen (secondary N) is 2. The number of hydrogen-bond donors (Lipinski definition) is 2. The fourth-order valence-electron chi connectivity index (χ4n) is 7.91. The number of hydrogen-bond acceptors (Lipinski definition) is 8. The van der Waals surface area contributed by atoms with Crippen molar-refractivity contribution < 1.29 is 9.59 Å². The van der Waals surface area contributed by atoms with Gasteiger partial charge < -0.3 is 29.4 Å². The minimum absolute atomic E-state index is 0.0944. The smallest absolute Gasteiger partial charge is 0.137 e. The van der Waals surface area contributed by atoms with Gasteiger partial charge in [-0.15, -0.1) is 0 Å². The minimum atomic E-state index is -0.0969. The Hall–Kier alpha value is -3.96.